The minimum Gasteiger partial charge on any atom is -0.378 e. The molecule has 2 aromatic heterocycles. The van der Waals surface area contributed by atoms with Gasteiger partial charge in [0.25, 0.3) is 11.5 Å². The van der Waals surface area contributed by atoms with Gasteiger partial charge in [-0.1, -0.05) is 26.0 Å². The first kappa shape index (κ1) is 21.9. The van der Waals surface area contributed by atoms with Crippen LogP contribution in [0.4, 0.5) is 5.69 Å². The summed E-state index contributed by atoms with van der Waals surface area (Å²) in [4.78, 5) is 25.0. The lowest BCUT2D eigenvalue weighted by Gasteiger charge is -2.30. The monoisotopic (exact) mass is 462 g/mol. The molecule has 2 N–H and O–H groups in total. The first-order valence-electron chi connectivity index (χ1n) is 11.8. The van der Waals surface area contributed by atoms with E-state index in [0.29, 0.717) is 30.6 Å². The van der Waals surface area contributed by atoms with Crippen molar-refractivity contribution in [3.05, 3.63) is 69.1 Å². The van der Waals surface area contributed by atoms with Crippen molar-refractivity contribution in [2.24, 2.45) is 5.92 Å². The van der Waals surface area contributed by atoms with E-state index in [9.17, 15) is 9.59 Å². The number of pyridine rings is 1. The van der Waals surface area contributed by atoms with Crippen LogP contribution in [0.5, 0.6) is 0 Å². The summed E-state index contributed by atoms with van der Waals surface area (Å²) in [6, 6.07) is 8.56. The Morgan fingerprint density at radius 1 is 1.15 bits per heavy atom. The molecule has 0 radical (unpaired) electrons. The maximum Gasteiger partial charge on any atom is 0.273 e. The van der Waals surface area contributed by atoms with Gasteiger partial charge in [-0.2, -0.15) is 0 Å². The third-order valence-corrected chi connectivity index (χ3v) is 7.37. The van der Waals surface area contributed by atoms with E-state index in [1.54, 1.807) is 0 Å². The molecule has 0 saturated heterocycles. The van der Waals surface area contributed by atoms with Crippen molar-refractivity contribution < 1.29 is 4.79 Å². The third-order valence-electron chi connectivity index (χ3n) is 6.79. The Balaban J connectivity index is 1.31. The zero-order chi connectivity index (χ0) is 22.9. The number of nitrogens with zero attached hydrogens (tertiary/aromatic N) is 2. The Bertz CT molecular complexity index is 1210. The topological polar surface area (TPSA) is 76.0 Å². The second-order valence-corrected chi connectivity index (χ2v) is 10.4. The zero-order valence-electron chi connectivity index (χ0n) is 19.1. The van der Waals surface area contributed by atoms with Gasteiger partial charge in [0.1, 0.15) is 5.69 Å². The number of amides is 1. The summed E-state index contributed by atoms with van der Waals surface area (Å²) in [5, 5.41) is 8.50. The lowest BCUT2D eigenvalue weighted by molar-refractivity contribution is 0.0965. The summed E-state index contributed by atoms with van der Waals surface area (Å²) in [6.07, 6.45) is 8.01. The number of anilines is 1. The number of hydrogen-bond donors (Lipinski definition) is 2. The summed E-state index contributed by atoms with van der Waals surface area (Å²) < 4.78 is 6.07. The SMILES string of the molecule is CC(C)Cn1cc(-c2cnsc2)cc(NC2CCC(c3ccc4c(c3)CNC4=O)CC2)c1=O. The molecule has 1 fully saturated rings. The summed E-state index contributed by atoms with van der Waals surface area (Å²) in [6.45, 7) is 5.59. The molecule has 33 heavy (non-hydrogen) atoms. The second-order valence-electron chi connectivity index (χ2n) is 9.70. The van der Waals surface area contributed by atoms with E-state index in [0.717, 1.165) is 47.9 Å². The third kappa shape index (κ3) is 4.60. The molecule has 0 unspecified atom stereocenters. The molecule has 1 aromatic carbocycles. The summed E-state index contributed by atoms with van der Waals surface area (Å²) >= 11 is 1.43. The lowest BCUT2D eigenvalue weighted by Crippen LogP contribution is -2.31. The fourth-order valence-corrected chi connectivity index (χ4v) is 5.62. The Morgan fingerprint density at radius 2 is 1.97 bits per heavy atom. The van der Waals surface area contributed by atoms with E-state index < -0.39 is 0 Å². The fourth-order valence-electron chi connectivity index (χ4n) is 5.07. The summed E-state index contributed by atoms with van der Waals surface area (Å²) in [5.41, 5.74) is 6.07. The molecular weight excluding hydrogens is 432 g/mol. The number of hydrogen-bond acceptors (Lipinski definition) is 5. The number of carbonyl (C=O) groups excluding carboxylic acids is 1. The average molecular weight is 463 g/mol. The maximum absolute atomic E-state index is 13.2. The highest BCUT2D eigenvalue weighted by atomic mass is 32.1. The predicted octanol–water partition coefficient (Wildman–Crippen LogP) is 5.01. The van der Waals surface area contributed by atoms with Crippen molar-refractivity contribution in [2.45, 2.75) is 64.6 Å². The molecule has 2 aliphatic rings. The van der Waals surface area contributed by atoms with E-state index in [4.69, 9.17) is 0 Å². The van der Waals surface area contributed by atoms with Crippen LogP contribution >= 0.6 is 11.5 Å². The number of aromatic nitrogens is 2. The fraction of sp³-hybridized carbons (Fsp3) is 0.423. The van der Waals surface area contributed by atoms with Crippen LogP contribution in [0.1, 0.15) is 66.9 Å². The van der Waals surface area contributed by atoms with Crippen LogP contribution in [-0.2, 0) is 13.1 Å². The molecule has 5 rings (SSSR count). The summed E-state index contributed by atoms with van der Waals surface area (Å²) in [5.74, 6) is 0.928. The average Bonchev–Trinajstić information content (AvgIpc) is 3.47. The summed E-state index contributed by atoms with van der Waals surface area (Å²) in [7, 11) is 0. The number of carbonyl (C=O) groups is 1. The van der Waals surface area contributed by atoms with Crippen LogP contribution in [0.15, 0.2) is 46.8 Å². The molecule has 1 aliphatic heterocycles. The Morgan fingerprint density at radius 3 is 2.70 bits per heavy atom. The van der Waals surface area contributed by atoms with E-state index in [1.807, 2.05) is 34.5 Å². The van der Waals surface area contributed by atoms with Gasteiger partial charge >= 0.3 is 0 Å². The van der Waals surface area contributed by atoms with Gasteiger partial charge in [0, 0.05) is 53.6 Å². The van der Waals surface area contributed by atoms with Crippen LogP contribution in [0, 0.1) is 5.92 Å². The van der Waals surface area contributed by atoms with Crippen LogP contribution < -0.4 is 16.2 Å². The molecule has 0 atom stereocenters. The first-order valence-corrected chi connectivity index (χ1v) is 12.6. The largest absolute Gasteiger partial charge is 0.378 e. The van der Waals surface area contributed by atoms with Crippen molar-refractivity contribution in [3.8, 4) is 11.1 Å². The molecule has 0 spiro atoms. The van der Waals surface area contributed by atoms with Gasteiger partial charge in [0.05, 0.1) is 0 Å². The van der Waals surface area contributed by atoms with Crippen LogP contribution in [0.25, 0.3) is 11.1 Å². The highest BCUT2D eigenvalue weighted by Crippen LogP contribution is 2.35. The Kier molecular flexibility index (Phi) is 6.06. The van der Waals surface area contributed by atoms with Gasteiger partial charge < -0.3 is 15.2 Å². The normalized spacial score (nSPS) is 20.0. The van der Waals surface area contributed by atoms with Gasteiger partial charge in [0.2, 0.25) is 0 Å². The van der Waals surface area contributed by atoms with Crippen molar-refractivity contribution in [2.75, 3.05) is 5.32 Å². The standard InChI is InChI=1S/C26H30N4O2S/c1-16(2)13-30-14-20(21-12-28-33-15-21)10-24(26(30)32)29-22-6-3-17(4-7-22)18-5-8-23-19(9-18)11-27-25(23)31/h5,8-10,12,14-17,22,29H,3-4,6-7,11,13H2,1-2H3,(H,27,31). The van der Waals surface area contributed by atoms with E-state index in [2.05, 4.69) is 41.0 Å². The molecule has 6 nitrogen and oxygen atoms in total. The van der Waals surface area contributed by atoms with E-state index in [1.165, 1.54) is 17.1 Å². The number of rotatable bonds is 6. The Hall–Kier alpha value is -2.93. The molecule has 0 bridgehead atoms. The minimum atomic E-state index is 0.0352. The first-order chi connectivity index (χ1) is 16.0. The van der Waals surface area contributed by atoms with Crippen LogP contribution in [0.2, 0.25) is 0 Å². The molecule has 172 valence electrons. The highest BCUT2D eigenvalue weighted by Gasteiger charge is 2.26. The molecule has 1 saturated carbocycles. The predicted molar refractivity (Wildman–Crippen MR) is 133 cm³/mol. The molecule has 7 heteroatoms. The van der Waals surface area contributed by atoms with E-state index >= 15 is 0 Å². The highest BCUT2D eigenvalue weighted by molar-refractivity contribution is 7.03. The van der Waals surface area contributed by atoms with Gasteiger partial charge in [-0.15, -0.1) is 0 Å². The number of benzene rings is 1. The van der Waals surface area contributed by atoms with E-state index in [-0.39, 0.29) is 17.5 Å². The van der Waals surface area contributed by atoms with Crippen molar-refractivity contribution in [3.63, 3.8) is 0 Å². The van der Waals surface area contributed by atoms with Crippen molar-refractivity contribution >= 4 is 23.1 Å². The van der Waals surface area contributed by atoms with Crippen LogP contribution in [0.3, 0.4) is 0 Å². The van der Waals surface area contributed by atoms with Gasteiger partial charge in [-0.3, -0.25) is 9.59 Å². The number of nitrogens with one attached hydrogen (secondary N) is 2. The minimum absolute atomic E-state index is 0.0352. The van der Waals surface area contributed by atoms with Crippen molar-refractivity contribution in [1.29, 1.82) is 0 Å². The zero-order valence-corrected chi connectivity index (χ0v) is 20.0. The van der Waals surface area contributed by atoms with Gasteiger partial charge in [-0.25, -0.2) is 4.37 Å². The van der Waals surface area contributed by atoms with Crippen molar-refractivity contribution in [1.82, 2.24) is 14.3 Å². The number of fused-ring (bicyclic) bond motifs is 1. The smallest absolute Gasteiger partial charge is 0.273 e. The quantitative estimate of drug-likeness (QED) is 0.540. The maximum atomic E-state index is 13.2. The molecule has 3 heterocycles. The Labute approximate surface area is 198 Å². The molecule has 1 amide bonds. The second kappa shape index (κ2) is 9.14. The van der Waals surface area contributed by atoms with Gasteiger partial charge in [0.15, 0.2) is 0 Å². The van der Waals surface area contributed by atoms with Crippen LogP contribution in [-0.4, -0.2) is 20.9 Å². The molecular formula is C26H30N4O2S. The molecule has 3 aromatic rings. The molecule has 1 aliphatic carbocycles. The lowest BCUT2D eigenvalue weighted by atomic mass is 9.81. The van der Waals surface area contributed by atoms with Gasteiger partial charge in [-0.05, 0) is 72.3 Å².